The van der Waals surface area contributed by atoms with Crippen LogP contribution in [0.25, 0.3) is 0 Å². The SMILES string of the molecule is O=C1c2ccccc2C(=O)N1CC(=O)N1c2ccccc2N(Cc2ccccc2)C(=O)[C@H]2CCCC[C@H]21. The molecule has 2 aliphatic heterocycles. The van der Waals surface area contributed by atoms with Crippen LogP contribution in [0.1, 0.15) is 52.0 Å². The van der Waals surface area contributed by atoms with E-state index in [1.54, 1.807) is 34.1 Å². The fourth-order valence-corrected chi connectivity index (χ4v) is 5.94. The average molecular weight is 494 g/mol. The largest absolute Gasteiger partial charge is 0.306 e. The minimum absolute atomic E-state index is 0.0111. The molecule has 7 nitrogen and oxygen atoms in total. The molecule has 1 fully saturated rings. The molecule has 37 heavy (non-hydrogen) atoms. The van der Waals surface area contributed by atoms with Gasteiger partial charge in [-0.05, 0) is 42.7 Å². The lowest BCUT2D eigenvalue weighted by Crippen LogP contribution is -2.52. The highest BCUT2D eigenvalue weighted by atomic mass is 16.2. The fraction of sp³-hybridized carbons (Fsp3) is 0.267. The Balaban J connectivity index is 1.39. The van der Waals surface area contributed by atoms with Crippen molar-refractivity contribution in [3.05, 3.63) is 95.6 Å². The van der Waals surface area contributed by atoms with Gasteiger partial charge in [-0.25, -0.2) is 0 Å². The molecule has 3 aromatic rings. The lowest BCUT2D eigenvalue weighted by Gasteiger charge is -2.37. The van der Waals surface area contributed by atoms with E-state index in [9.17, 15) is 19.2 Å². The monoisotopic (exact) mass is 493 g/mol. The second-order valence-electron chi connectivity index (χ2n) is 9.86. The van der Waals surface area contributed by atoms with Gasteiger partial charge in [0, 0.05) is 6.04 Å². The lowest BCUT2D eigenvalue weighted by molar-refractivity contribution is -0.124. The first-order valence-corrected chi connectivity index (χ1v) is 12.8. The number of fused-ring (bicyclic) bond motifs is 3. The van der Waals surface area contributed by atoms with Gasteiger partial charge in [0.25, 0.3) is 11.8 Å². The summed E-state index contributed by atoms with van der Waals surface area (Å²) in [5.41, 5.74) is 2.95. The van der Waals surface area contributed by atoms with E-state index in [1.807, 2.05) is 54.6 Å². The van der Waals surface area contributed by atoms with E-state index in [4.69, 9.17) is 0 Å². The molecule has 186 valence electrons. The molecule has 7 heteroatoms. The summed E-state index contributed by atoms with van der Waals surface area (Å²) in [6.07, 6.45) is 3.21. The van der Waals surface area contributed by atoms with Crippen molar-refractivity contribution in [1.82, 2.24) is 4.90 Å². The maximum absolute atomic E-state index is 14.0. The van der Waals surface area contributed by atoms with Crippen LogP contribution >= 0.6 is 0 Å². The quantitative estimate of drug-likeness (QED) is 0.504. The molecule has 3 aliphatic rings. The van der Waals surface area contributed by atoms with Crippen LogP contribution in [-0.4, -0.2) is 41.1 Å². The molecule has 0 radical (unpaired) electrons. The van der Waals surface area contributed by atoms with E-state index >= 15 is 0 Å². The van der Waals surface area contributed by atoms with Gasteiger partial charge < -0.3 is 9.80 Å². The lowest BCUT2D eigenvalue weighted by atomic mass is 9.82. The second-order valence-corrected chi connectivity index (χ2v) is 9.86. The average Bonchev–Trinajstić information content (AvgIpc) is 3.11. The molecular weight excluding hydrogens is 466 g/mol. The molecule has 0 saturated heterocycles. The summed E-state index contributed by atoms with van der Waals surface area (Å²) in [7, 11) is 0. The number of imide groups is 1. The van der Waals surface area contributed by atoms with Crippen LogP contribution < -0.4 is 9.80 Å². The van der Waals surface area contributed by atoms with E-state index in [2.05, 4.69) is 0 Å². The summed E-state index contributed by atoms with van der Waals surface area (Å²) in [6.45, 7) is 0.0388. The predicted molar refractivity (Wildman–Crippen MR) is 139 cm³/mol. The molecule has 1 aliphatic carbocycles. The Hall–Kier alpha value is -4.26. The highest BCUT2D eigenvalue weighted by molar-refractivity contribution is 6.23. The fourth-order valence-electron chi connectivity index (χ4n) is 5.94. The summed E-state index contributed by atoms with van der Waals surface area (Å²) in [5, 5.41) is 0. The highest BCUT2D eigenvalue weighted by Crippen LogP contribution is 2.42. The van der Waals surface area contributed by atoms with E-state index in [-0.39, 0.29) is 30.3 Å². The number of para-hydroxylation sites is 2. The highest BCUT2D eigenvalue weighted by Gasteiger charge is 2.45. The molecule has 2 atom stereocenters. The van der Waals surface area contributed by atoms with E-state index in [0.717, 1.165) is 23.3 Å². The Morgan fingerprint density at radius 1 is 0.703 bits per heavy atom. The van der Waals surface area contributed by atoms with Gasteiger partial charge in [0.15, 0.2) is 0 Å². The molecule has 1 saturated carbocycles. The van der Waals surface area contributed by atoms with Crippen molar-refractivity contribution in [3.63, 3.8) is 0 Å². The van der Waals surface area contributed by atoms with Crippen molar-refractivity contribution in [3.8, 4) is 0 Å². The standard InChI is InChI=1S/C30H27N3O4/c34-27(19-32-28(35)21-12-4-5-13-22(21)29(32)36)33-24-15-7-6-14-23(24)30(37)31(18-20-10-2-1-3-11-20)25-16-8-9-17-26(25)33/h1-5,8-13,16-17,23-24H,6-7,14-15,18-19H2/t23-,24+/m0/s1. The maximum Gasteiger partial charge on any atom is 0.262 e. The Morgan fingerprint density at radius 3 is 2.00 bits per heavy atom. The van der Waals surface area contributed by atoms with Crippen LogP contribution in [0.5, 0.6) is 0 Å². The minimum Gasteiger partial charge on any atom is -0.306 e. The third-order valence-electron chi connectivity index (χ3n) is 7.70. The summed E-state index contributed by atoms with van der Waals surface area (Å²) < 4.78 is 0. The van der Waals surface area contributed by atoms with E-state index < -0.39 is 11.8 Å². The van der Waals surface area contributed by atoms with E-state index in [1.165, 1.54) is 0 Å². The number of nitrogens with zero attached hydrogens (tertiary/aromatic N) is 3. The van der Waals surface area contributed by atoms with E-state index in [0.29, 0.717) is 41.9 Å². The van der Waals surface area contributed by atoms with Crippen molar-refractivity contribution in [2.24, 2.45) is 5.92 Å². The first kappa shape index (κ1) is 23.2. The molecule has 0 unspecified atom stereocenters. The van der Waals surface area contributed by atoms with Gasteiger partial charge in [-0.1, -0.05) is 67.4 Å². The first-order valence-electron chi connectivity index (χ1n) is 12.8. The van der Waals surface area contributed by atoms with Crippen LogP contribution in [0.15, 0.2) is 78.9 Å². The number of carbonyl (C=O) groups excluding carboxylic acids is 4. The molecule has 6 rings (SSSR count). The number of hydrogen-bond acceptors (Lipinski definition) is 4. The Bertz CT molecular complexity index is 1370. The molecule has 0 spiro atoms. The summed E-state index contributed by atoms with van der Waals surface area (Å²) >= 11 is 0. The predicted octanol–water partition coefficient (Wildman–Crippen LogP) is 4.42. The van der Waals surface area contributed by atoms with Crippen LogP contribution in [0, 0.1) is 5.92 Å². The molecule has 2 heterocycles. The normalized spacial score (nSPS) is 20.9. The van der Waals surface area contributed by atoms with Crippen molar-refractivity contribution < 1.29 is 19.2 Å². The van der Waals surface area contributed by atoms with Gasteiger partial charge in [0.05, 0.1) is 35.0 Å². The summed E-state index contributed by atoms with van der Waals surface area (Å²) in [5.74, 6) is -1.61. The number of rotatable bonds is 4. The van der Waals surface area contributed by atoms with Crippen LogP contribution in [0.2, 0.25) is 0 Å². The van der Waals surface area contributed by atoms with Crippen LogP contribution in [-0.2, 0) is 16.1 Å². The van der Waals surface area contributed by atoms with Gasteiger partial charge in [-0.15, -0.1) is 0 Å². The van der Waals surface area contributed by atoms with Crippen molar-refractivity contribution >= 4 is 35.0 Å². The first-order chi connectivity index (χ1) is 18.0. The Morgan fingerprint density at radius 2 is 1.30 bits per heavy atom. The zero-order chi connectivity index (χ0) is 25.5. The molecular formula is C30H27N3O4. The van der Waals surface area contributed by atoms with Gasteiger partial charge in [0.1, 0.15) is 6.54 Å². The molecule has 4 amide bonds. The second kappa shape index (κ2) is 9.32. The van der Waals surface area contributed by atoms with Gasteiger partial charge in [-0.3, -0.25) is 24.1 Å². The van der Waals surface area contributed by atoms with Gasteiger partial charge in [0.2, 0.25) is 11.8 Å². The third-order valence-corrected chi connectivity index (χ3v) is 7.70. The van der Waals surface area contributed by atoms with Crippen molar-refractivity contribution in [2.45, 2.75) is 38.3 Å². The number of benzene rings is 3. The Kier molecular flexibility index (Phi) is 5.83. The number of anilines is 2. The molecule has 0 aromatic heterocycles. The topological polar surface area (TPSA) is 78.0 Å². The zero-order valence-corrected chi connectivity index (χ0v) is 20.4. The van der Waals surface area contributed by atoms with Crippen molar-refractivity contribution in [1.29, 1.82) is 0 Å². The smallest absolute Gasteiger partial charge is 0.262 e. The summed E-state index contributed by atoms with van der Waals surface area (Å²) in [4.78, 5) is 58.5. The van der Waals surface area contributed by atoms with Gasteiger partial charge >= 0.3 is 0 Å². The Labute approximate surface area is 215 Å². The summed E-state index contributed by atoms with van der Waals surface area (Å²) in [6, 6.07) is 23.6. The van der Waals surface area contributed by atoms with Crippen molar-refractivity contribution in [2.75, 3.05) is 16.3 Å². The maximum atomic E-state index is 14.0. The molecule has 3 aromatic carbocycles. The minimum atomic E-state index is -0.459. The molecule has 0 bridgehead atoms. The van der Waals surface area contributed by atoms with Crippen LogP contribution in [0.3, 0.4) is 0 Å². The number of hydrogen-bond donors (Lipinski definition) is 0. The van der Waals surface area contributed by atoms with Crippen LogP contribution in [0.4, 0.5) is 11.4 Å². The number of amides is 4. The zero-order valence-electron chi connectivity index (χ0n) is 20.4. The van der Waals surface area contributed by atoms with Gasteiger partial charge in [-0.2, -0.15) is 0 Å². The number of carbonyl (C=O) groups is 4. The molecule has 0 N–H and O–H groups in total. The third kappa shape index (κ3) is 3.91.